The molecule has 0 aliphatic carbocycles. The Morgan fingerprint density at radius 1 is 0.974 bits per heavy atom. The zero-order valence-corrected chi connectivity index (χ0v) is 24.3. The Bertz CT molecular complexity index is 1080. The molecular formula is C31H45N3O4. The summed E-state index contributed by atoms with van der Waals surface area (Å²) in [5, 5.41) is 5.81. The summed E-state index contributed by atoms with van der Waals surface area (Å²) < 4.78 is 5.44. The average molecular weight is 524 g/mol. The predicted octanol–water partition coefficient (Wildman–Crippen LogP) is 5.84. The first-order valence-corrected chi connectivity index (χ1v) is 13.5. The van der Waals surface area contributed by atoms with E-state index in [1.54, 1.807) is 25.7 Å². The number of nitrogens with one attached hydrogen (secondary N) is 2. The lowest BCUT2D eigenvalue weighted by Gasteiger charge is -2.36. The van der Waals surface area contributed by atoms with Gasteiger partial charge in [0.2, 0.25) is 11.8 Å². The SMILES string of the molecule is CCCCN(C(=O)C(NC(=O)OC(C)(C)C)C(C)C)C(C(=O)NCc1ccccc1)c1ccc(C)c(C)c1. The Kier molecular flexibility index (Phi) is 11.4. The van der Waals surface area contributed by atoms with Crippen molar-refractivity contribution in [2.24, 2.45) is 5.92 Å². The molecule has 2 N–H and O–H groups in total. The maximum Gasteiger partial charge on any atom is 0.408 e. The fourth-order valence-electron chi connectivity index (χ4n) is 4.11. The van der Waals surface area contributed by atoms with Crippen LogP contribution in [0.4, 0.5) is 4.79 Å². The number of amides is 3. The summed E-state index contributed by atoms with van der Waals surface area (Å²) in [6.07, 6.45) is 0.910. The Labute approximate surface area is 228 Å². The highest BCUT2D eigenvalue weighted by Gasteiger charge is 2.37. The van der Waals surface area contributed by atoms with Gasteiger partial charge in [0.05, 0.1) is 0 Å². The van der Waals surface area contributed by atoms with Gasteiger partial charge in [-0.3, -0.25) is 9.59 Å². The van der Waals surface area contributed by atoms with Gasteiger partial charge < -0.3 is 20.3 Å². The zero-order valence-electron chi connectivity index (χ0n) is 24.3. The molecule has 7 nitrogen and oxygen atoms in total. The van der Waals surface area contributed by atoms with E-state index in [0.717, 1.165) is 35.1 Å². The van der Waals surface area contributed by atoms with Crippen molar-refractivity contribution in [2.75, 3.05) is 6.54 Å². The third-order valence-electron chi connectivity index (χ3n) is 6.36. The normalized spacial score (nSPS) is 13.0. The number of unbranched alkanes of at least 4 members (excludes halogenated alkanes) is 1. The molecule has 38 heavy (non-hydrogen) atoms. The largest absolute Gasteiger partial charge is 0.444 e. The Morgan fingerprint density at radius 2 is 1.63 bits per heavy atom. The van der Waals surface area contributed by atoms with Gasteiger partial charge in [-0.05, 0) is 69.2 Å². The van der Waals surface area contributed by atoms with Crippen LogP contribution < -0.4 is 10.6 Å². The van der Waals surface area contributed by atoms with Gasteiger partial charge in [0, 0.05) is 13.1 Å². The smallest absolute Gasteiger partial charge is 0.408 e. The van der Waals surface area contributed by atoms with E-state index in [0.29, 0.717) is 13.1 Å². The molecule has 2 atom stereocenters. The predicted molar refractivity (Wildman–Crippen MR) is 152 cm³/mol. The standard InChI is InChI=1S/C31H45N3O4/c1-9-10-18-34(29(36)26(21(2)3)33-30(37)38-31(6,7)8)27(25-17-16-22(4)23(5)19-25)28(35)32-20-24-14-12-11-13-15-24/h11-17,19,21,26-27H,9-10,18,20H2,1-8H3,(H,32,35)(H,33,37). The quantitative estimate of drug-likeness (QED) is 0.387. The fourth-order valence-corrected chi connectivity index (χ4v) is 4.11. The van der Waals surface area contributed by atoms with Crippen molar-refractivity contribution in [3.05, 3.63) is 70.8 Å². The van der Waals surface area contributed by atoms with Crippen molar-refractivity contribution in [1.82, 2.24) is 15.5 Å². The van der Waals surface area contributed by atoms with Crippen molar-refractivity contribution >= 4 is 17.9 Å². The van der Waals surface area contributed by atoms with Crippen molar-refractivity contribution in [2.45, 2.75) is 92.5 Å². The van der Waals surface area contributed by atoms with Crippen molar-refractivity contribution in [3.8, 4) is 0 Å². The Hall–Kier alpha value is -3.35. The lowest BCUT2D eigenvalue weighted by molar-refractivity contribution is -0.143. The van der Waals surface area contributed by atoms with Crippen molar-refractivity contribution < 1.29 is 19.1 Å². The van der Waals surface area contributed by atoms with Crippen LogP contribution in [0, 0.1) is 19.8 Å². The van der Waals surface area contributed by atoms with E-state index in [4.69, 9.17) is 4.74 Å². The number of carbonyl (C=O) groups is 3. The highest BCUT2D eigenvalue weighted by Crippen LogP contribution is 2.26. The number of aryl methyl sites for hydroxylation is 2. The number of nitrogens with zero attached hydrogens (tertiary/aromatic N) is 1. The summed E-state index contributed by atoms with van der Waals surface area (Å²) in [5.74, 6) is -0.786. The number of alkyl carbamates (subject to hydrolysis) is 1. The summed E-state index contributed by atoms with van der Waals surface area (Å²) in [7, 11) is 0. The van der Waals surface area contributed by atoms with Crippen LogP contribution in [0.5, 0.6) is 0 Å². The molecule has 3 amide bonds. The second-order valence-corrected chi connectivity index (χ2v) is 11.2. The van der Waals surface area contributed by atoms with Gasteiger partial charge in [-0.1, -0.05) is 75.7 Å². The summed E-state index contributed by atoms with van der Waals surface area (Å²) in [5.41, 5.74) is 3.16. The maximum absolute atomic E-state index is 14.1. The van der Waals surface area contributed by atoms with Gasteiger partial charge in [-0.15, -0.1) is 0 Å². The van der Waals surface area contributed by atoms with E-state index in [1.807, 2.05) is 83.1 Å². The topological polar surface area (TPSA) is 87.7 Å². The van der Waals surface area contributed by atoms with Crippen LogP contribution >= 0.6 is 0 Å². The van der Waals surface area contributed by atoms with Crippen LogP contribution in [-0.4, -0.2) is 41.0 Å². The summed E-state index contributed by atoms with van der Waals surface area (Å²) in [6.45, 7) is 15.9. The molecule has 0 spiro atoms. The molecule has 2 aromatic rings. The molecule has 0 aliphatic heterocycles. The third-order valence-corrected chi connectivity index (χ3v) is 6.36. The number of rotatable bonds is 11. The first-order chi connectivity index (χ1) is 17.8. The molecule has 2 rings (SSSR count). The molecule has 0 saturated heterocycles. The van der Waals surface area contributed by atoms with Crippen molar-refractivity contribution in [3.63, 3.8) is 0 Å². The Morgan fingerprint density at radius 3 is 2.18 bits per heavy atom. The lowest BCUT2D eigenvalue weighted by Crippen LogP contribution is -2.55. The average Bonchev–Trinajstić information content (AvgIpc) is 2.84. The van der Waals surface area contributed by atoms with E-state index >= 15 is 0 Å². The van der Waals surface area contributed by atoms with Crippen LogP contribution in [0.25, 0.3) is 0 Å². The van der Waals surface area contributed by atoms with E-state index in [9.17, 15) is 14.4 Å². The molecule has 0 saturated carbocycles. The van der Waals surface area contributed by atoms with Gasteiger partial charge in [0.15, 0.2) is 0 Å². The molecular weight excluding hydrogens is 478 g/mol. The van der Waals surface area contributed by atoms with Crippen LogP contribution in [0.1, 0.15) is 82.7 Å². The minimum atomic E-state index is -0.849. The van der Waals surface area contributed by atoms with Crippen LogP contribution in [0.3, 0.4) is 0 Å². The molecule has 2 aromatic carbocycles. The summed E-state index contributed by atoms with van der Waals surface area (Å²) in [4.78, 5) is 42.2. The second-order valence-electron chi connectivity index (χ2n) is 11.2. The van der Waals surface area contributed by atoms with Gasteiger partial charge in [0.1, 0.15) is 17.7 Å². The molecule has 0 aliphatic rings. The van der Waals surface area contributed by atoms with E-state index in [1.165, 1.54) is 0 Å². The number of hydrogen-bond acceptors (Lipinski definition) is 4. The third kappa shape index (κ3) is 9.19. The molecule has 0 heterocycles. The van der Waals surface area contributed by atoms with Crippen LogP contribution in [-0.2, 0) is 20.9 Å². The molecule has 0 bridgehead atoms. The van der Waals surface area contributed by atoms with E-state index < -0.39 is 23.8 Å². The molecule has 7 heteroatoms. The van der Waals surface area contributed by atoms with Crippen LogP contribution in [0.15, 0.2) is 48.5 Å². The first-order valence-electron chi connectivity index (χ1n) is 13.5. The minimum absolute atomic E-state index is 0.216. The van der Waals surface area contributed by atoms with Gasteiger partial charge in [0.25, 0.3) is 0 Å². The number of hydrogen-bond donors (Lipinski definition) is 2. The molecule has 0 radical (unpaired) electrons. The van der Waals surface area contributed by atoms with Gasteiger partial charge >= 0.3 is 6.09 Å². The monoisotopic (exact) mass is 523 g/mol. The number of benzene rings is 2. The Balaban J connectivity index is 2.47. The summed E-state index contributed by atoms with van der Waals surface area (Å²) in [6, 6.07) is 13.8. The van der Waals surface area contributed by atoms with Crippen molar-refractivity contribution in [1.29, 1.82) is 0 Å². The highest BCUT2D eigenvalue weighted by molar-refractivity contribution is 5.92. The molecule has 0 aromatic heterocycles. The van der Waals surface area contributed by atoms with E-state index in [-0.39, 0.29) is 17.7 Å². The summed E-state index contributed by atoms with van der Waals surface area (Å²) >= 11 is 0. The van der Waals surface area contributed by atoms with Gasteiger partial charge in [-0.25, -0.2) is 4.79 Å². The highest BCUT2D eigenvalue weighted by atomic mass is 16.6. The maximum atomic E-state index is 14.1. The minimum Gasteiger partial charge on any atom is -0.444 e. The zero-order chi connectivity index (χ0) is 28.5. The fraction of sp³-hybridized carbons (Fsp3) is 0.516. The molecule has 208 valence electrons. The lowest BCUT2D eigenvalue weighted by atomic mass is 9.96. The molecule has 2 unspecified atom stereocenters. The number of ether oxygens (including phenoxy) is 1. The second kappa shape index (κ2) is 14.0. The van der Waals surface area contributed by atoms with Gasteiger partial charge in [-0.2, -0.15) is 0 Å². The van der Waals surface area contributed by atoms with E-state index in [2.05, 4.69) is 10.6 Å². The molecule has 0 fully saturated rings. The number of carbonyl (C=O) groups excluding carboxylic acids is 3. The van der Waals surface area contributed by atoms with Crippen LogP contribution in [0.2, 0.25) is 0 Å². The first kappa shape index (κ1) is 30.9.